The molecule has 0 spiro atoms. The first-order valence-electron chi connectivity index (χ1n) is 5.56. The SMILES string of the molecule is CC(NCc1cc(F)c(Cl)nc1Cl)c1ncn(C)n1. The lowest BCUT2D eigenvalue weighted by atomic mass is 10.2. The summed E-state index contributed by atoms with van der Waals surface area (Å²) in [5.74, 6) is 0.0625. The van der Waals surface area contributed by atoms with Crippen LogP contribution in [0.25, 0.3) is 0 Å². The summed E-state index contributed by atoms with van der Waals surface area (Å²) in [4.78, 5) is 7.84. The predicted molar refractivity (Wildman–Crippen MR) is 70.5 cm³/mol. The summed E-state index contributed by atoms with van der Waals surface area (Å²) in [5, 5.41) is 7.27. The van der Waals surface area contributed by atoms with Crippen molar-refractivity contribution < 1.29 is 4.39 Å². The van der Waals surface area contributed by atoms with Gasteiger partial charge >= 0.3 is 0 Å². The Morgan fingerprint density at radius 3 is 2.79 bits per heavy atom. The van der Waals surface area contributed by atoms with Crippen LogP contribution in [0.2, 0.25) is 10.3 Å². The van der Waals surface area contributed by atoms with Crippen molar-refractivity contribution in [3.63, 3.8) is 0 Å². The lowest BCUT2D eigenvalue weighted by Gasteiger charge is -2.11. The van der Waals surface area contributed by atoms with Crippen molar-refractivity contribution in [1.29, 1.82) is 0 Å². The van der Waals surface area contributed by atoms with E-state index in [-0.39, 0.29) is 16.3 Å². The fraction of sp³-hybridized carbons (Fsp3) is 0.364. The van der Waals surface area contributed by atoms with Crippen molar-refractivity contribution in [2.45, 2.75) is 19.5 Å². The molecule has 19 heavy (non-hydrogen) atoms. The van der Waals surface area contributed by atoms with Crippen molar-refractivity contribution in [2.75, 3.05) is 0 Å². The highest BCUT2D eigenvalue weighted by Crippen LogP contribution is 2.20. The second-order valence-corrected chi connectivity index (χ2v) is 4.81. The van der Waals surface area contributed by atoms with Gasteiger partial charge < -0.3 is 5.32 Å². The summed E-state index contributed by atoms with van der Waals surface area (Å²) in [5.41, 5.74) is 0.534. The molecule has 0 saturated carbocycles. The molecule has 0 fully saturated rings. The zero-order valence-corrected chi connectivity index (χ0v) is 11.9. The smallest absolute Gasteiger partial charge is 0.167 e. The molecule has 0 amide bonds. The average Bonchev–Trinajstić information content (AvgIpc) is 2.78. The second kappa shape index (κ2) is 5.81. The zero-order valence-electron chi connectivity index (χ0n) is 10.4. The summed E-state index contributed by atoms with van der Waals surface area (Å²) in [6, 6.07) is 1.18. The number of aromatic nitrogens is 4. The Labute approximate surface area is 119 Å². The molecule has 0 saturated heterocycles. The van der Waals surface area contributed by atoms with Gasteiger partial charge in [0.25, 0.3) is 0 Å². The van der Waals surface area contributed by atoms with E-state index in [0.29, 0.717) is 17.9 Å². The van der Waals surface area contributed by atoms with Gasteiger partial charge in [-0.15, -0.1) is 0 Å². The van der Waals surface area contributed by atoms with E-state index in [1.165, 1.54) is 6.07 Å². The number of nitrogens with one attached hydrogen (secondary N) is 1. The van der Waals surface area contributed by atoms with Crippen LogP contribution in [-0.2, 0) is 13.6 Å². The third-order valence-electron chi connectivity index (χ3n) is 2.56. The first-order valence-corrected chi connectivity index (χ1v) is 6.32. The maximum absolute atomic E-state index is 13.3. The van der Waals surface area contributed by atoms with Gasteiger partial charge in [0, 0.05) is 19.2 Å². The van der Waals surface area contributed by atoms with Gasteiger partial charge in [-0.3, -0.25) is 4.68 Å². The molecule has 0 aliphatic heterocycles. The van der Waals surface area contributed by atoms with Crippen LogP contribution in [0.1, 0.15) is 24.4 Å². The van der Waals surface area contributed by atoms with E-state index in [0.717, 1.165) is 0 Å². The Bertz CT molecular complexity index is 586. The number of pyridine rings is 1. The lowest BCUT2D eigenvalue weighted by molar-refractivity contribution is 0.537. The summed E-state index contributed by atoms with van der Waals surface area (Å²) >= 11 is 11.4. The van der Waals surface area contributed by atoms with E-state index >= 15 is 0 Å². The standard InChI is InChI=1S/C11H12Cl2FN5/c1-6(11-16-5-19(2)18-11)15-4-7-3-8(14)10(13)17-9(7)12/h3,5-6,15H,4H2,1-2H3. The second-order valence-electron chi connectivity index (χ2n) is 4.09. The van der Waals surface area contributed by atoms with E-state index in [4.69, 9.17) is 23.2 Å². The van der Waals surface area contributed by atoms with Gasteiger partial charge in [-0.25, -0.2) is 14.4 Å². The largest absolute Gasteiger partial charge is 0.303 e. The van der Waals surface area contributed by atoms with Gasteiger partial charge in [-0.1, -0.05) is 23.2 Å². The molecular weight excluding hydrogens is 292 g/mol. The van der Waals surface area contributed by atoms with Gasteiger partial charge in [0.1, 0.15) is 11.5 Å². The Kier molecular flexibility index (Phi) is 4.34. The maximum Gasteiger partial charge on any atom is 0.167 e. The van der Waals surface area contributed by atoms with Gasteiger partial charge in [-0.2, -0.15) is 5.10 Å². The minimum atomic E-state index is -0.591. The molecule has 0 aliphatic carbocycles. The van der Waals surface area contributed by atoms with Crippen molar-refractivity contribution in [1.82, 2.24) is 25.1 Å². The van der Waals surface area contributed by atoms with Crippen LogP contribution in [0.3, 0.4) is 0 Å². The minimum absolute atomic E-state index is 0.0870. The highest BCUT2D eigenvalue weighted by atomic mass is 35.5. The van der Waals surface area contributed by atoms with E-state index < -0.39 is 5.82 Å². The van der Waals surface area contributed by atoms with Gasteiger partial charge in [0.2, 0.25) is 0 Å². The highest BCUT2D eigenvalue weighted by molar-refractivity contribution is 6.32. The Hall–Kier alpha value is -1.24. The van der Waals surface area contributed by atoms with Crippen LogP contribution in [0.5, 0.6) is 0 Å². The van der Waals surface area contributed by atoms with Crippen LogP contribution >= 0.6 is 23.2 Å². The molecule has 5 nitrogen and oxygen atoms in total. The van der Waals surface area contributed by atoms with E-state index in [2.05, 4.69) is 20.4 Å². The quantitative estimate of drug-likeness (QED) is 0.882. The highest BCUT2D eigenvalue weighted by Gasteiger charge is 2.13. The summed E-state index contributed by atoms with van der Waals surface area (Å²) in [6.07, 6.45) is 1.62. The molecule has 102 valence electrons. The Morgan fingerprint density at radius 1 is 1.42 bits per heavy atom. The Morgan fingerprint density at radius 2 is 2.16 bits per heavy atom. The van der Waals surface area contributed by atoms with Crippen LogP contribution in [0.4, 0.5) is 4.39 Å². The number of hydrogen-bond acceptors (Lipinski definition) is 4. The van der Waals surface area contributed by atoms with Crippen molar-refractivity contribution in [3.8, 4) is 0 Å². The number of rotatable bonds is 4. The van der Waals surface area contributed by atoms with E-state index in [1.807, 2.05) is 6.92 Å². The topological polar surface area (TPSA) is 55.6 Å². The van der Waals surface area contributed by atoms with Crippen molar-refractivity contribution in [3.05, 3.63) is 39.9 Å². The van der Waals surface area contributed by atoms with Crippen LogP contribution in [0, 0.1) is 5.82 Å². The monoisotopic (exact) mass is 303 g/mol. The number of halogens is 3. The number of nitrogens with zero attached hydrogens (tertiary/aromatic N) is 4. The van der Waals surface area contributed by atoms with Crippen LogP contribution < -0.4 is 5.32 Å². The first-order chi connectivity index (χ1) is 8.97. The average molecular weight is 304 g/mol. The van der Waals surface area contributed by atoms with Crippen LogP contribution in [-0.4, -0.2) is 19.7 Å². The fourth-order valence-corrected chi connectivity index (χ4v) is 1.90. The normalized spacial score (nSPS) is 12.7. The molecule has 2 aromatic heterocycles. The summed E-state index contributed by atoms with van der Waals surface area (Å²) in [6.45, 7) is 2.25. The van der Waals surface area contributed by atoms with E-state index in [9.17, 15) is 4.39 Å². The molecule has 0 aromatic carbocycles. The van der Waals surface area contributed by atoms with Crippen molar-refractivity contribution >= 4 is 23.2 Å². The number of aryl methyl sites for hydroxylation is 1. The maximum atomic E-state index is 13.3. The summed E-state index contributed by atoms with van der Waals surface area (Å²) < 4.78 is 14.9. The molecule has 1 unspecified atom stereocenters. The molecule has 0 aliphatic rings. The first kappa shape index (κ1) is 14.2. The van der Waals surface area contributed by atoms with Gasteiger partial charge in [0.05, 0.1) is 6.04 Å². The molecule has 8 heteroatoms. The van der Waals surface area contributed by atoms with Crippen LogP contribution in [0.15, 0.2) is 12.4 Å². The fourth-order valence-electron chi connectivity index (χ4n) is 1.52. The minimum Gasteiger partial charge on any atom is -0.303 e. The molecule has 1 atom stereocenters. The molecule has 2 rings (SSSR count). The molecule has 0 bridgehead atoms. The lowest BCUT2D eigenvalue weighted by Crippen LogP contribution is -2.20. The predicted octanol–water partition coefficient (Wildman–Crippen LogP) is 2.51. The molecule has 0 radical (unpaired) electrons. The summed E-state index contributed by atoms with van der Waals surface area (Å²) in [7, 11) is 1.79. The van der Waals surface area contributed by atoms with Crippen molar-refractivity contribution in [2.24, 2.45) is 7.05 Å². The van der Waals surface area contributed by atoms with E-state index in [1.54, 1.807) is 18.1 Å². The molecule has 1 N–H and O–H groups in total. The van der Waals surface area contributed by atoms with Gasteiger partial charge in [-0.05, 0) is 13.0 Å². The van der Waals surface area contributed by atoms with Gasteiger partial charge in [0.15, 0.2) is 16.8 Å². The third-order valence-corrected chi connectivity index (χ3v) is 3.15. The zero-order chi connectivity index (χ0) is 14.0. The number of hydrogen-bond donors (Lipinski definition) is 1. The molecule has 2 aromatic rings. The third kappa shape index (κ3) is 3.40. The molecule has 2 heterocycles. The molecular formula is C11H12Cl2FN5. The Balaban J connectivity index is 2.04.